The first-order valence-electron chi connectivity index (χ1n) is 6.14. The number of halogens is 1. The molecule has 1 heterocycles. The van der Waals surface area contributed by atoms with E-state index < -0.39 is 12.0 Å². The second-order valence-electron chi connectivity index (χ2n) is 4.41. The third kappa shape index (κ3) is 3.26. The molecule has 6 heteroatoms. The van der Waals surface area contributed by atoms with Crippen LogP contribution in [0.15, 0.2) is 22.7 Å². The number of rotatable bonds is 4. The van der Waals surface area contributed by atoms with Gasteiger partial charge in [0.15, 0.2) is 0 Å². The number of hydrogen-bond donors (Lipinski definition) is 2. The normalized spacial score (nSPS) is 18.0. The molecule has 0 radical (unpaired) electrons. The van der Waals surface area contributed by atoms with Crippen LogP contribution in [0, 0.1) is 0 Å². The summed E-state index contributed by atoms with van der Waals surface area (Å²) < 4.78 is 5.97. The smallest absolute Gasteiger partial charge is 0.325 e. The molecular weight excluding hydrogens is 312 g/mol. The first-order valence-corrected chi connectivity index (χ1v) is 6.94. The van der Waals surface area contributed by atoms with Gasteiger partial charge in [-0.1, -0.05) is 15.9 Å². The average molecular weight is 329 g/mol. The molecule has 0 spiro atoms. The summed E-state index contributed by atoms with van der Waals surface area (Å²) in [5.41, 5.74) is 0.730. The lowest BCUT2D eigenvalue weighted by atomic mass is 10.0. The summed E-state index contributed by atoms with van der Waals surface area (Å²) in [6.07, 6.45) is 0. The summed E-state index contributed by atoms with van der Waals surface area (Å²) in [7, 11) is 1.58. The van der Waals surface area contributed by atoms with Crippen molar-refractivity contribution in [3.05, 3.63) is 28.2 Å². The molecule has 1 aliphatic heterocycles. The van der Waals surface area contributed by atoms with Gasteiger partial charge in [0, 0.05) is 30.7 Å². The summed E-state index contributed by atoms with van der Waals surface area (Å²) in [6, 6.07) is 4.77. The van der Waals surface area contributed by atoms with Crippen molar-refractivity contribution in [2.75, 3.05) is 33.3 Å². The number of carboxylic acid groups (broad SMARTS) is 1. The van der Waals surface area contributed by atoms with E-state index in [-0.39, 0.29) is 0 Å². The van der Waals surface area contributed by atoms with Crippen LogP contribution in [-0.2, 0) is 4.79 Å². The van der Waals surface area contributed by atoms with Crippen molar-refractivity contribution < 1.29 is 14.6 Å². The minimum Gasteiger partial charge on any atom is -0.497 e. The van der Waals surface area contributed by atoms with Crippen LogP contribution in [0.4, 0.5) is 0 Å². The fourth-order valence-electron chi connectivity index (χ4n) is 2.28. The van der Waals surface area contributed by atoms with E-state index in [9.17, 15) is 9.90 Å². The van der Waals surface area contributed by atoms with E-state index in [0.29, 0.717) is 5.75 Å². The van der Waals surface area contributed by atoms with E-state index in [1.165, 1.54) is 0 Å². The molecule has 1 unspecified atom stereocenters. The summed E-state index contributed by atoms with van der Waals surface area (Å²) in [6.45, 7) is 3.07. The van der Waals surface area contributed by atoms with Crippen LogP contribution in [0.3, 0.4) is 0 Å². The molecule has 104 valence electrons. The Morgan fingerprint density at radius 1 is 1.47 bits per heavy atom. The second kappa shape index (κ2) is 6.36. The van der Waals surface area contributed by atoms with Crippen LogP contribution in [0.25, 0.3) is 0 Å². The highest BCUT2D eigenvalue weighted by Crippen LogP contribution is 2.31. The van der Waals surface area contributed by atoms with Crippen LogP contribution in [-0.4, -0.2) is 49.3 Å². The molecule has 1 saturated heterocycles. The molecule has 1 aliphatic rings. The number of carboxylic acids is 1. The Kier molecular flexibility index (Phi) is 4.79. The van der Waals surface area contributed by atoms with E-state index in [1.807, 2.05) is 17.0 Å². The van der Waals surface area contributed by atoms with Gasteiger partial charge in [-0.15, -0.1) is 0 Å². The third-order valence-electron chi connectivity index (χ3n) is 3.25. The number of piperazine rings is 1. The minimum absolute atomic E-state index is 0.647. The molecule has 19 heavy (non-hydrogen) atoms. The molecule has 0 aliphatic carbocycles. The predicted molar refractivity (Wildman–Crippen MR) is 75.5 cm³/mol. The fourth-order valence-corrected chi connectivity index (χ4v) is 2.75. The molecule has 0 amide bonds. The second-order valence-corrected chi connectivity index (χ2v) is 5.27. The minimum atomic E-state index is -0.837. The van der Waals surface area contributed by atoms with Crippen molar-refractivity contribution in [2.24, 2.45) is 0 Å². The predicted octanol–water partition coefficient (Wildman–Crippen LogP) is 1.49. The fraction of sp³-hybridized carbons (Fsp3) is 0.462. The quantitative estimate of drug-likeness (QED) is 0.876. The van der Waals surface area contributed by atoms with E-state index in [2.05, 4.69) is 21.2 Å². The number of nitrogens with zero attached hydrogens (tertiary/aromatic N) is 1. The molecule has 1 atom stereocenters. The topological polar surface area (TPSA) is 61.8 Å². The number of nitrogens with one attached hydrogen (secondary N) is 1. The van der Waals surface area contributed by atoms with Gasteiger partial charge >= 0.3 is 5.97 Å². The Balaban J connectivity index is 2.35. The first-order chi connectivity index (χ1) is 9.13. The molecule has 2 N–H and O–H groups in total. The van der Waals surface area contributed by atoms with Crippen LogP contribution in [0.2, 0.25) is 0 Å². The molecule has 0 aromatic heterocycles. The van der Waals surface area contributed by atoms with Crippen molar-refractivity contribution in [3.63, 3.8) is 0 Å². The highest BCUT2D eigenvalue weighted by Gasteiger charge is 2.30. The maximum absolute atomic E-state index is 11.6. The lowest BCUT2D eigenvalue weighted by Crippen LogP contribution is -2.47. The van der Waals surface area contributed by atoms with Crippen molar-refractivity contribution in [1.82, 2.24) is 10.2 Å². The number of carbonyl (C=O) groups is 1. The number of benzene rings is 1. The van der Waals surface area contributed by atoms with Gasteiger partial charge in [0.2, 0.25) is 0 Å². The van der Waals surface area contributed by atoms with Gasteiger partial charge in [0.25, 0.3) is 0 Å². The number of hydrogen-bond acceptors (Lipinski definition) is 4. The standard InChI is InChI=1S/C13H17BrN2O3/c1-19-9-2-3-11(14)10(8-9)12(13(17)18)16-6-4-15-5-7-16/h2-3,8,12,15H,4-7H2,1H3,(H,17,18). The summed E-state index contributed by atoms with van der Waals surface area (Å²) in [4.78, 5) is 13.6. The zero-order valence-corrected chi connectivity index (χ0v) is 12.3. The molecule has 1 aromatic carbocycles. The van der Waals surface area contributed by atoms with Gasteiger partial charge in [-0.25, -0.2) is 0 Å². The summed E-state index contributed by atoms with van der Waals surface area (Å²) >= 11 is 3.43. The Morgan fingerprint density at radius 3 is 2.74 bits per heavy atom. The van der Waals surface area contributed by atoms with Gasteiger partial charge in [0.1, 0.15) is 11.8 Å². The molecule has 1 aromatic rings. The van der Waals surface area contributed by atoms with Crippen LogP contribution in [0.1, 0.15) is 11.6 Å². The van der Waals surface area contributed by atoms with Crippen LogP contribution >= 0.6 is 15.9 Å². The van der Waals surface area contributed by atoms with E-state index in [1.54, 1.807) is 13.2 Å². The van der Waals surface area contributed by atoms with Gasteiger partial charge in [-0.2, -0.15) is 0 Å². The molecule has 0 bridgehead atoms. The highest BCUT2D eigenvalue weighted by atomic mass is 79.9. The Hall–Kier alpha value is -1.11. The number of aliphatic carboxylic acids is 1. The lowest BCUT2D eigenvalue weighted by molar-refractivity contribution is -0.143. The number of methoxy groups -OCH3 is 1. The molecule has 1 fully saturated rings. The maximum atomic E-state index is 11.6. The lowest BCUT2D eigenvalue weighted by Gasteiger charge is -2.33. The Labute approximate surface area is 120 Å². The zero-order valence-electron chi connectivity index (χ0n) is 10.7. The van der Waals surface area contributed by atoms with E-state index in [4.69, 9.17) is 4.74 Å². The molecule has 5 nitrogen and oxygen atoms in total. The van der Waals surface area contributed by atoms with Gasteiger partial charge in [0.05, 0.1) is 7.11 Å². The van der Waals surface area contributed by atoms with Crippen molar-refractivity contribution in [3.8, 4) is 5.75 Å². The zero-order chi connectivity index (χ0) is 13.8. The van der Waals surface area contributed by atoms with E-state index in [0.717, 1.165) is 36.2 Å². The molecular formula is C13H17BrN2O3. The van der Waals surface area contributed by atoms with Crippen LogP contribution < -0.4 is 10.1 Å². The van der Waals surface area contributed by atoms with Crippen molar-refractivity contribution >= 4 is 21.9 Å². The average Bonchev–Trinajstić information content (AvgIpc) is 2.42. The van der Waals surface area contributed by atoms with Gasteiger partial charge in [-0.3, -0.25) is 9.69 Å². The summed E-state index contributed by atoms with van der Waals surface area (Å²) in [5.74, 6) is -0.171. The molecule has 2 rings (SSSR count). The highest BCUT2D eigenvalue weighted by molar-refractivity contribution is 9.10. The summed E-state index contributed by atoms with van der Waals surface area (Å²) in [5, 5.41) is 12.8. The Bertz CT molecular complexity index is 461. The largest absolute Gasteiger partial charge is 0.497 e. The van der Waals surface area contributed by atoms with Gasteiger partial charge < -0.3 is 15.2 Å². The van der Waals surface area contributed by atoms with Gasteiger partial charge in [-0.05, 0) is 23.8 Å². The van der Waals surface area contributed by atoms with E-state index >= 15 is 0 Å². The third-order valence-corrected chi connectivity index (χ3v) is 3.97. The number of ether oxygens (including phenoxy) is 1. The Morgan fingerprint density at radius 2 is 2.16 bits per heavy atom. The monoisotopic (exact) mass is 328 g/mol. The first kappa shape index (κ1) is 14.3. The van der Waals surface area contributed by atoms with Crippen molar-refractivity contribution in [2.45, 2.75) is 6.04 Å². The SMILES string of the molecule is COc1ccc(Br)c(C(C(=O)O)N2CCNCC2)c1. The van der Waals surface area contributed by atoms with Crippen LogP contribution in [0.5, 0.6) is 5.75 Å². The molecule has 0 saturated carbocycles. The van der Waals surface area contributed by atoms with Crippen molar-refractivity contribution in [1.29, 1.82) is 0 Å². The maximum Gasteiger partial charge on any atom is 0.325 e.